The highest BCUT2D eigenvalue weighted by molar-refractivity contribution is 6.32. The molecule has 2 unspecified atom stereocenters. The summed E-state index contributed by atoms with van der Waals surface area (Å²) in [6, 6.07) is 0.911. The van der Waals surface area contributed by atoms with E-state index in [-0.39, 0.29) is 34.5 Å². The van der Waals surface area contributed by atoms with Crippen molar-refractivity contribution in [1.82, 2.24) is 15.2 Å². The number of halogens is 2. The molecule has 1 aromatic rings. The monoisotopic (exact) mass is 297 g/mol. The van der Waals surface area contributed by atoms with E-state index in [4.69, 9.17) is 11.6 Å². The second-order valence-electron chi connectivity index (χ2n) is 5.05. The highest BCUT2D eigenvalue weighted by Gasteiger charge is 2.43. The Bertz CT molecular complexity index is 581. The van der Waals surface area contributed by atoms with E-state index in [9.17, 15) is 14.0 Å². The minimum Gasteiger partial charge on any atom is -0.354 e. The highest BCUT2D eigenvalue weighted by Crippen LogP contribution is 2.29. The van der Waals surface area contributed by atoms with Crippen LogP contribution in [0.25, 0.3) is 0 Å². The molecular formula is C13H13ClFN3O2. The van der Waals surface area contributed by atoms with E-state index < -0.39 is 5.82 Å². The van der Waals surface area contributed by atoms with Gasteiger partial charge < -0.3 is 10.2 Å². The fourth-order valence-electron chi connectivity index (χ4n) is 2.93. The quantitative estimate of drug-likeness (QED) is 0.793. The molecule has 2 aliphatic rings. The molecule has 0 spiro atoms. The Morgan fingerprint density at radius 3 is 3.15 bits per heavy atom. The molecule has 0 aliphatic carbocycles. The summed E-state index contributed by atoms with van der Waals surface area (Å²) in [5.74, 6) is -1.16. The number of hydrogen-bond donors (Lipinski definition) is 1. The molecule has 0 bridgehead atoms. The Kier molecular flexibility index (Phi) is 3.33. The number of pyridine rings is 1. The Hall–Kier alpha value is -1.69. The first kappa shape index (κ1) is 13.3. The standard InChI is InChI=1S/C13H13ClFN3O2/c14-11-9(4-7(15)5-16-11)13(20)18-3-1-2-8-10(18)6-17-12(8)19/h4-5,8,10H,1-3,6H2,(H,17,19). The van der Waals surface area contributed by atoms with Crippen molar-refractivity contribution in [2.45, 2.75) is 18.9 Å². The van der Waals surface area contributed by atoms with Crippen molar-refractivity contribution in [3.63, 3.8) is 0 Å². The van der Waals surface area contributed by atoms with Gasteiger partial charge in [-0.15, -0.1) is 0 Å². The lowest BCUT2D eigenvalue weighted by Crippen LogP contribution is -2.48. The van der Waals surface area contributed by atoms with Crippen LogP contribution in [0.5, 0.6) is 0 Å². The number of fused-ring (bicyclic) bond motifs is 1. The van der Waals surface area contributed by atoms with E-state index in [0.29, 0.717) is 13.1 Å². The van der Waals surface area contributed by atoms with Crippen molar-refractivity contribution in [2.24, 2.45) is 5.92 Å². The summed E-state index contributed by atoms with van der Waals surface area (Å²) in [6.07, 6.45) is 2.49. The van der Waals surface area contributed by atoms with E-state index in [0.717, 1.165) is 25.1 Å². The summed E-state index contributed by atoms with van der Waals surface area (Å²) < 4.78 is 13.2. The van der Waals surface area contributed by atoms with Crippen molar-refractivity contribution in [3.8, 4) is 0 Å². The SMILES string of the molecule is O=C1NCC2C1CCCN2C(=O)c1cc(F)cnc1Cl. The van der Waals surface area contributed by atoms with Crippen molar-refractivity contribution >= 4 is 23.4 Å². The van der Waals surface area contributed by atoms with Crippen LogP contribution < -0.4 is 5.32 Å². The summed E-state index contributed by atoms with van der Waals surface area (Å²) in [6.45, 7) is 0.984. The number of likely N-dealkylation sites (tertiary alicyclic amines) is 1. The predicted molar refractivity (Wildman–Crippen MR) is 69.8 cm³/mol. The van der Waals surface area contributed by atoms with Crippen molar-refractivity contribution in [3.05, 3.63) is 28.8 Å². The molecule has 2 saturated heterocycles. The van der Waals surface area contributed by atoms with Gasteiger partial charge in [-0.25, -0.2) is 9.37 Å². The van der Waals surface area contributed by atoms with Crippen LogP contribution in [0, 0.1) is 11.7 Å². The van der Waals surface area contributed by atoms with Gasteiger partial charge in [-0.2, -0.15) is 0 Å². The first-order valence-electron chi connectivity index (χ1n) is 6.47. The molecule has 0 saturated carbocycles. The number of hydrogen-bond acceptors (Lipinski definition) is 3. The van der Waals surface area contributed by atoms with Gasteiger partial charge in [-0.05, 0) is 18.9 Å². The number of aromatic nitrogens is 1. The third-order valence-electron chi connectivity index (χ3n) is 3.90. The summed E-state index contributed by atoms with van der Waals surface area (Å²) >= 11 is 5.87. The molecule has 2 atom stereocenters. The molecule has 0 aromatic carbocycles. The largest absolute Gasteiger partial charge is 0.354 e. The molecule has 106 valence electrons. The molecular weight excluding hydrogens is 285 g/mol. The Morgan fingerprint density at radius 2 is 2.35 bits per heavy atom. The lowest BCUT2D eigenvalue weighted by molar-refractivity contribution is -0.123. The van der Waals surface area contributed by atoms with E-state index in [1.807, 2.05) is 0 Å². The molecule has 2 amide bonds. The van der Waals surface area contributed by atoms with Crippen molar-refractivity contribution < 1.29 is 14.0 Å². The third-order valence-corrected chi connectivity index (χ3v) is 4.20. The molecule has 3 rings (SSSR count). The van der Waals surface area contributed by atoms with Crippen LogP contribution in [0.15, 0.2) is 12.3 Å². The summed E-state index contributed by atoms with van der Waals surface area (Å²) in [7, 11) is 0. The van der Waals surface area contributed by atoms with Gasteiger partial charge in [0.25, 0.3) is 5.91 Å². The number of nitrogens with zero attached hydrogens (tertiary/aromatic N) is 2. The molecule has 20 heavy (non-hydrogen) atoms. The molecule has 7 heteroatoms. The summed E-state index contributed by atoms with van der Waals surface area (Å²) in [4.78, 5) is 29.5. The number of rotatable bonds is 1. The van der Waals surface area contributed by atoms with Crippen molar-refractivity contribution in [1.29, 1.82) is 0 Å². The minimum absolute atomic E-state index is 0.0176. The van der Waals surface area contributed by atoms with Crippen LogP contribution in [0.2, 0.25) is 5.15 Å². The normalized spacial score (nSPS) is 25.3. The topological polar surface area (TPSA) is 62.3 Å². The van der Waals surface area contributed by atoms with Crippen molar-refractivity contribution in [2.75, 3.05) is 13.1 Å². The first-order valence-corrected chi connectivity index (χ1v) is 6.85. The Balaban J connectivity index is 1.90. The van der Waals surface area contributed by atoms with Crippen LogP contribution >= 0.6 is 11.6 Å². The fourth-order valence-corrected chi connectivity index (χ4v) is 3.12. The van der Waals surface area contributed by atoms with E-state index in [1.54, 1.807) is 4.90 Å². The van der Waals surface area contributed by atoms with Gasteiger partial charge in [0.05, 0.1) is 23.7 Å². The van der Waals surface area contributed by atoms with Crippen LogP contribution in [0.3, 0.4) is 0 Å². The summed E-state index contributed by atoms with van der Waals surface area (Å²) in [5.41, 5.74) is 0.0478. The zero-order chi connectivity index (χ0) is 14.3. The van der Waals surface area contributed by atoms with Crippen LogP contribution in [-0.2, 0) is 4.79 Å². The molecule has 1 N–H and O–H groups in total. The molecule has 2 fully saturated rings. The number of nitrogens with one attached hydrogen (secondary N) is 1. The average molecular weight is 298 g/mol. The maximum Gasteiger partial charge on any atom is 0.257 e. The zero-order valence-electron chi connectivity index (χ0n) is 10.6. The fraction of sp³-hybridized carbons (Fsp3) is 0.462. The number of piperidine rings is 1. The Labute approximate surface area is 120 Å². The van der Waals surface area contributed by atoms with Crippen LogP contribution in [0.1, 0.15) is 23.2 Å². The van der Waals surface area contributed by atoms with Gasteiger partial charge in [0.15, 0.2) is 0 Å². The number of carbonyl (C=O) groups excluding carboxylic acids is 2. The molecule has 0 radical (unpaired) electrons. The lowest BCUT2D eigenvalue weighted by Gasteiger charge is -2.36. The summed E-state index contributed by atoms with van der Waals surface area (Å²) in [5, 5.41) is 2.75. The van der Waals surface area contributed by atoms with Crippen LogP contribution in [0.4, 0.5) is 4.39 Å². The van der Waals surface area contributed by atoms with E-state index in [1.165, 1.54) is 0 Å². The van der Waals surface area contributed by atoms with E-state index in [2.05, 4.69) is 10.3 Å². The molecule has 1 aromatic heterocycles. The van der Waals surface area contributed by atoms with Gasteiger partial charge in [0, 0.05) is 13.1 Å². The Morgan fingerprint density at radius 1 is 1.55 bits per heavy atom. The zero-order valence-corrected chi connectivity index (χ0v) is 11.4. The second kappa shape index (κ2) is 5.01. The van der Waals surface area contributed by atoms with Gasteiger partial charge in [0.2, 0.25) is 5.91 Å². The third kappa shape index (κ3) is 2.14. The highest BCUT2D eigenvalue weighted by atomic mass is 35.5. The van der Waals surface area contributed by atoms with Gasteiger partial charge in [-0.3, -0.25) is 9.59 Å². The maximum atomic E-state index is 13.2. The van der Waals surface area contributed by atoms with Gasteiger partial charge in [-0.1, -0.05) is 11.6 Å². The lowest BCUT2D eigenvalue weighted by atomic mass is 9.91. The van der Waals surface area contributed by atoms with Gasteiger partial charge in [0.1, 0.15) is 11.0 Å². The maximum absolute atomic E-state index is 13.2. The smallest absolute Gasteiger partial charge is 0.257 e. The molecule has 3 heterocycles. The van der Waals surface area contributed by atoms with Crippen LogP contribution in [-0.4, -0.2) is 40.8 Å². The predicted octanol–water partition coefficient (Wildman–Crippen LogP) is 1.22. The number of amides is 2. The molecule has 5 nitrogen and oxygen atoms in total. The number of carbonyl (C=O) groups is 2. The second-order valence-corrected chi connectivity index (χ2v) is 5.41. The minimum atomic E-state index is -0.605. The average Bonchev–Trinajstić information content (AvgIpc) is 2.83. The first-order chi connectivity index (χ1) is 9.58. The van der Waals surface area contributed by atoms with Gasteiger partial charge >= 0.3 is 0 Å². The van der Waals surface area contributed by atoms with E-state index >= 15 is 0 Å². The molecule has 2 aliphatic heterocycles.